The predicted molar refractivity (Wildman–Crippen MR) is 70.1 cm³/mol. The van der Waals surface area contributed by atoms with E-state index in [0.717, 1.165) is 18.0 Å². The smallest absolute Gasteiger partial charge is 0.143 e. The minimum atomic E-state index is 0.267. The Morgan fingerprint density at radius 2 is 1.94 bits per heavy atom. The van der Waals surface area contributed by atoms with Gasteiger partial charge in [-0.05, 0) is 17.5 Å². The molecule has 16 heavy (non-hydrogen) atoms. The Morgan fingerprint density at radius 1 is 1.31 bits per heavy atom. The average molecular weight is 222 g/mol. The van der Waals surface area contributed by atoms with Crippen LogP contribution in [0.4, 0.5) is 11.4 Å². The van der Waals surface area contributed by atoms with Crippen molar-refractivity contribution in [3.05, 3.63) is 18.2 Å². The van der Waals surface area contributed by atoms with Gasteiger partial charge in [0.1, 0.15) is 5.75 Å². The van der Waals surface area contributed by atoms with Crippen molar-refractivity contribution in [3.8, 4) is 5.75 Å². The van der Waals surface area contributed by atoms with E-state index in [9.17, 15) is 0 Å². The molecule has 0 radical (unpaired) electrons. The zero-order chi connectivity index (χ0) is 12.3. The molecule has 0 aliphatic carbocycles. The monoisotopic (exact) mass is 222 g/mol. The van der Waals surface area contributed by atoms with E-state index in [1.165, 1.54) is 0 Å². The Morgan fingerprint density at radius 3 is 2.44 bits per heavy atom. The van der Waals surface area contributed by atoms with Gasteiger partial charge in [0.05, 0.1) is 12.8 Å². The number of ether oxygens (including phenoxy) is 1. The molecule has 0 aromatic heterocycles. The quantitative estimate of drug-likeness (QED) is 0.799. The Balaban J connectivity index is 2.88. The second kappa shape index (κ2) is 4.64. The molecule has 0 heterocycles. The van der Waals surface area contributed by atoms with Gasteiger partial charge in [-0.3, -0.25) is 0 Å². The summed E-state index contributed by atoms with van der Waals surface area (Å²) >= 11 is 0. The van der Waals surface area contributed by atoms with Crippen molar-refractivity contribution in [3.63, 3.8) is 0 Å². The molecular formula is C13H22N2O. The maximum atomic E-state index is 5.78. The van der Waals surface area contributed by atoms with E-state index in [1.54, 1.807) is 7.11 Å². The molecule has 1 rings (SSSR count). The molecular weight excluding hydrogens is 200 g/mol. The molecule has 0 bridgehead atoms. The molecule has 1 aromatic carbocycles. The van der Waals surface area contributed by atoms with Crippen LogP contribution in [0.5, 0.6) is 5.75 Å². The third kappa shape index (κ3) is 3.33. The molecule has 0 saturated heterocycles. The highest BCUT2D eigenvalue weighted by Crippen LogP contribution is 2.28. The van der Waals surface area contributed by atoms with Crippen LogP contribution in [0.3, 0.4) is 0 Å². The molecule has 0 atom stereocenters. The van der Waals surface area contributed by atoms with Crippen LogP contribution in [0.25, 0.3) is 0 Å². The highest BCUT2D eigenvalue weighted by molar-refractivity contribution is 5.62. The fourth-order valence-corrected chi connectivity index (χ4v) is 1.74. The van der Waals surface area contributed by atoms with Crippen LogP contribution in [-0.2, 0) is 0 Å². The number of hydrogen-bond acceptors (Lipinski definition) is 3. The molecule has 0 spiro atoms. The van der Waals surface area contributed by atoms with Crippen molar-refractivity contribution in [2.24, 2.45) is 5.41 Å². The number of nitrogen functional groups attached to an aromatic ring is 1. The highest BCUT2D eigenvalue weighted by Gasteiger charge is 2.14. The topological polar surface area (TPSA) is 38.5 Å². The molecule has 3 heteroatoms. The number of anilines is 2. The Kier molecular flexibility index (Phi) is 3.68. The normalized spacial score (nSPS) is 11.3. The minimum Gasteiger partial charge on any atom is -0.495 e. The molecule has 3 nitrogen and oxygen atoms in total. The van der Waals surface area contributed by atoms with E-state index in [1.807, 2.05) is 18.2 Å². The van der Waals surface area contributed by atoms with Crippen LogP contribution < -0.4 is 15.4 Å². The number of rotatable bonds is 3. The second-order valence-corrected chi connectivity index (χ2v) is 5.34. The standard InChI is InChI=1S/C13H22N2O/c1-13(2,3)9-15(4)10-6-7-11(14)12(8-10)16-5/h6-8H,9,14H2,1-5H3. The summed E-state index contributed by atoms with van der Waals surface area (Å²) in [5.74, 6) is 0.734. The van der Waals surface area contributed by atoms with Gasteiger partial charge < -0.3 is 15.4 Å². The van der Waals surface area contributed by atoms with Crippen molar-refractivity contribution in [1.29, 1.82) is 0 Å². The highest BCUT2D eigenvalue weighted by atomic mass is 16.5. The zero-order valence-electron chi connectivity index (χ0n) is 10.9. The summed E-state index contributed by atoms with van der Waals surface area (Å²) in [5.41, 5.74) is 7.85. The molecule has 0 unspecified atom stereocenters. The predicted octanol–water partition coefficient (Wildman–Crippen LogP) is 2.76. The van der Waals surface area contributed by atoms with Gasteiger partial charge in [0.15, 0.2) is 0 Å². The molecule has 90 valence electrons. The van der Waals surface area contributed by atoms with E-state index < -0.39 is 0 Å². The first-order valence-corrected chi connectivity index (χ1v) is 5.48. The van der Waals surface area contributed by atoms with Crippen molar-refractivity contribution in [1.82, 2.24) is 0 Å². The van der Waals surface area contributed by atoms with Crippen LogP contribution in [0.15, 0.2) is 18.2 Å². The summed E-state index contributed by atoms with van der Waals surface area (Å²) < 4.78 is 5.21. The summed E-state index contributed by atoms with van der Waals surface area (Å²) in [6, 6.07) is 5.87. The van der Waals surface area contributed by atoms with Crippen LogP contribution in [-0.4, -0.2) is 20.7 Å². The van der Waals surface area contributed by atoms with Crippen LogP contribution in [0.1, 0.15) is 20.8 Å². The minimum absolute atomic E-state index is 0.267. The lowest BCUT2D eigenvalue weighted by Gasteiger charge is -2.28. The maximum Gasteiger partial charge on any atom is 0.143 e. The van der Waals surface area contributed by atoms with Crippen LogP contribution >= 0.6 is 0 Å². The zero-order valence-corrected chi connectivity index (χ0v) is 10.9. The van der Waals surface area contributed by atoms with E-state index in [4.69, 9.17) is 10.5 Å². The Hall–Kier alpha value is -1.38. The molecule has 0 amide bonds. The Labute approximate surface area is 98.2 Å². The van der Waals surface area contributed by atoms with Gasteiger partial charge in [0.2, 0.25) is 0 Å². The molecule has 0 aliphatic rings. The lowest BCUT2D eigenvalue weighted by Crippen LogP contribution is -2.29. The number of nitrogens with zero attached hydrogens (tertiary/aromatic N) is 1. The third-order valence-corrected chi connectivity index (χ3v) is 2.37. The number of methoxy groups -OCH3 is 1. The van der Waals surface area contributed by atoms with Crippen molar-refractivity contribution in [2.75, 3.05) is 31.3 Å². The lowest BCUT2D eigenvalue weighted by molar-refractivity contribution is 0.412. The van der Waals surface area contributed by atoms with Gasteiger partial charge in [0, 0.05) is 25.3 Å². The van der Waals surface area contributed by atoms with E-state index in [2.05, 4.69) is 32.7 Å². The second-order valence-electron chi connectivity index (χ2n) is 5.34. The van der Waals surface area contributed by atoms with E-state index in [0.29, 0.717) is 5.69 Å². The van der Waals surface area contributed by atoms with Gasteiger partial charge in [-0.25, -0.2) is 0 Å². The first kappa shape index (κ1) is 12.7. The summed E-state index contributed by atoms with van der Waals surface area (Å²) in [4.78, 5) is 2.21. The molecule has 0 fully saturated rings. The fourth-order valence-electron chi connectivity index (χ4n) is 1.74. The first-order valence-electron chi connectivity index (χ1n) is 5.48. The first-order chi connectivity index (χ1) is 7.33. The van der Waals surface area contributed by atoms with Crippen molar-refractivity contribution >= 4 is 11.4 Å². The molecule has 2 N–H and O–H groups in total. The third-order valence-electron chi connectivity index (χ3n) is 2.37. The van der Waals surface area contributed by atoms with Gasteiger partial charge in [-0.15, -0.1) is 0 Å². The van der Waals surface area contributed by atoms with Crippen molar-refractivity contribution < 1.29 is 4.74 Å². The summed E-state index contributed by atoms with van der Waals surface area (Å²) in [6.45, 7) is 7.65. The number of benzene rings is 1. The molecule has 0 saturated carbocycles. The number of nitrogens with two attached hydrogens (primary N) is 1. The van der Waals surface area contributed by atoms with Crippen LogP contribution in [0, 0.1) is 5.41 Å². The van der Waals surface area contributed by atoms with Gasteiger partial charge in [-0.2, -0.15) is 0 Å². The lowest BCUT2D eigenvalue weighted by atomic mass is 9.96. The van der Waals surface area contributed by atoms with E-state index >= 15 is 0 Å². The fraction of sp³-hybridized carbons (Fsp3) is 0.538. The van der Waals surface area contributed by atoms with Crippen molar-refractivity contribution in [2.45, 2.75) is 20.8 Å². The summed E-state index contributed by atoms with van der Waals surface area (Å²) in [6.07, 6.45) is 0. The SMILES string of the molecule is COc1cc(N(C)CC(C)(C)C)ccc1N. The van der Waals surface area contributed by atoms with Gasteiger partial charge >= 0.3 is 0 Å². The van der Waals surface area contributed by atoms with Gasteiger partial charge in [0.25, 0.3) is 0 Å². The van der Waals surface area contributed by atoms with E-state index in [-0.39, 0.29) is 5.41 Å². The largest absolute Gasteiger partial charge is 0.495 e. The maximum absolute atomic E-state index is 5.78. The Bertz CT molecular complexity index is 355. The summed E-state index contributed by atoms with van der Waals surface area (Å²) in [5, 5.41) is 0. The number of hydrogen-bond donors (Lipinski definition) is 1. The summed E-state index contributed by atoms with van der Waals surface area (Å²) in [7, 11) is 3.72. The molecule has 1 aromatic rings. The average Bonchev–Trinajstić information content (AvgIpc) is 2.15. The van der Waals surface area contributed by atoms with Crippen LogP contribution in [0.2, 0.25) is 0 Å². The molecule has 0 aliphatic heterocycles. The van der Waals surface area contributed by atoms with Gasteiger partial charge in [-0.1, -0.05) is 20.8 Å².